The van der Waals surface area contributed by atoms with Crippen molar-refractivity contribution in [3.63, 3.8) is 0 Å². The third kappa shape index (κ3) is 8.70. The molecule has 9 heteroatoms. The fourth-order valence-electron chi connectivity index (χ4n) is 7.30. The fourth-order valence-corrected chi connectivity index (χ4v) is 7.30. The molecule has 1 amide bonds. The van der Waals surface area contributed by atoms with Crippen molar-refractivity contribution < 1.29 is 28.9 Å². The molecule has 3 aliphatic heterocycles. The molecule has 0 aromatic heterocycles. The molecule has 0 saturated carbocycles. The Balaban J connectivity index is 1.17. The van der Waals surface area contributed by atoms with E-state index in [-0.39, 0.29) is 24.7 Å². The van der Waals surface area contributed by atoms with E-state index in [1.165, 1.54) is 45.7 Å². The van der Waals surface area contributed by atoms with Crippen LogP contribution in [0.1, 0.15) is 80.6 Å². The Labute approximate surface area is 284 Å². The van der Waals surface area contributed by atoms with Crippen molar-refractivity contribution in [2.75, 3.05) is 32.7 Å². The molecule has 0 spiro atoms. The van der Waals surface area contributed by atoms with Gasteiger partial charge in [-0.2, -0.15) is 0 Å². The summed E-state index contributed by atoms with van der Waals surface area (Å²) in [6, 6.07) is 24.9. The number of aliphatic hydroxyl groups excluding tert-OH is 1. The van der Waals surface area contributed by atoms with Crippen LogP contribution in [0.2, 0.25) is 0 Å². The molecule has 48 heavy (non-hydrogen) atoms. The Morgan fingerprint density at radius 1 is 0.917 bits per heavy atom. The molecular weight excluding hydrogens is 606 g/mol. The maximum absolute atomic E-state index is 12.5. The monoisotopic (exact) mass is 655 g/mol. The van der Waals surface area contributed by atoms with Crippen LogP contribution in [0.3, 0.4) is 0 Å². The summed E-state index contributed by atoms with van der Waals surface area (Å²) < 4.78 is 18.4. The van der Waals surface area contributed by atoms with Gasteiger partial charge in [-0.05, 0) is 80.1 Å². The van der Waals surface area contributed by atoms with Crippen LogP contribution in [-0.2, 0) is 37.0 Å². The molecular formula is C39H49N3O6. The number of ether oxygens (including phenoxy) is 3. The first-order chi connectivity index (χ1) is 23.4. The first-order valence-electron chi connectivity index (χ1n) is 17.5. The highest BCUT2D eigenvalue weighted by Crippen LogP contribution is 2.39. The molecule has 256 valence electrons. The second-order valence-electron chi connectivity index (χ2n) is 13.4. The molecule has 2 N–H and O–H groups in total. The quantitative estimate of drug-likeness (QED) is 0.246. The Morgan fingerprint density at radius 3 is 2.38 bits per heavy atom. The van der Waals surface area contributed by atoms with E-state index in [0.29, 0.717) is 12.6 Å². The van der Waals surface area contributed by atoms with Gasteiger partial charge in [-0.3, -0.25) is 14.5 Å². The van der Waals surface area contributed by atoms with Gasteiger partial charge < -0.3 is 29.5 Å². The van der Waals surface area contributed by atoms with Crippen molar-refractivity contribution in [3.05, 3.63) is 95.1 Å². The average Bonchev–Trinajstić information content (AvgIpc) is 3.79. The molecule has 0 radical (unpaired) electrons. The highest BCUT2D eigenvalue weighted by molar-refractivity contribution is 5.83. The first kappa shape index (κ1) is 34.3. The number of nitrogens with one attached hydrogen (secondary N) is 1. The summed E-state index contributed by atoms with van der Waals surface area (Å²) in [6.45, 7) is 8.76. The minimum atomic E-state index is -0.855. The number of esters is 1. The first-order valence-corrected chi connectivity index (χ1v) is 17.5. The number of benzene rings is 3. The molecule has 0 bridgehead atoms. The maximum atomic E-state index is 12.5. The van der Waals surface area contributed by atoms with E-state index in [9.17, 15) is 14.7 Å². The summed E-state index contributed by atoms with van der Waals surface area (Å²) in [5.74, 6) is -0.826. The molecule has 9 nitrogen and oxygen atoms in total. The van der Waals surface area contributed by atoms with Crippen LogP contribution >= 0.6 is 0 Å². The molecule has 3 heterocycles. The van der Waals surface area contributed by atoms with Gasteiger partial charge in [0.05, 0.1) is 18.8 Å². The lowest BCUT2D eigenvalue weighted by Gasteiger charge is -2.39. The minimum absolute atomic E-state index is 0.0166. The minimum Gasteiger partial charge on any atom is -0.453 e. The largest absolute Gasteiger partial charge is 0.453 e. The molecule has 5 atom stereocenters. The van der Waals surface area contributed by atoms with Crippen molar-refractivity contribution in [3.8, 4) is 11.1 Å². The van der Waals surface area contributed by atoms with Crippen molar-refractivity contribution in [2.24, 2.45) is 0 Å². The topological polar surface area (TPSA) is 101 Å². The van der Waals surface area contributed by atoms with Gasteiger partial charge in [-0.25, -0.2) is 0 Å². The Kier molecular flexibility index (Phi) is 11.6. The molecule has 3 aromatic rings. The van der Waals surface area contributed by atoms with Gasteiger partial charge >= 0.3 is 5.97 Å². The molecule has 3 saturated heterocycles. The van der Waals surface area contributed by atoms with Crippen molar-refractivity contribution in [1.29, 1.82) is 0 Å². The smallest absolute Gasteiger partial charge is 0.303 e. The van der Waals surface area contributed by atoms with E-state index in [4.69, 9.17) is 14.2 Å². The number of nitrogens with zero attached hydrogens (tertiary/aromatic N) is 2. The van der Waals surface area contributed by atoms with Crippen LogP contribution in [-0.4, -0.2) is 77.8 Å². The molecule has 3 aromatic carbocycles. The van der Waals surface area contributed by atoms with E-state index < -0.39 is 18.4 Å². The third-order valence-electron chi connectivity index (χ3n) is 9.90. The fraction of sp³-hybridized carbons (Fsp3) is 0.487. The van der Waals surface area contributed by atoms with Crippen molar-refractivity contribution in [2.45, 2.75) is 89.7 Å². The van der Waals surface area contributed by atoms with Gasteiger partial charge in [0.15, 0.2) is 12.4 Å². The average molecular weight is 656 g/mol. The summed E-state index contributed by atoms with van der Waals surface area (Å²) in [7, 11) is 0. The second-order valence-corrected chi connectivity index (χ2v) is 13.4. The lowest BCUT2D eigenvalue weighted by atomic mass is 9.97. The number of likely N-dealkylation sites (tertiary alicyclic amines) is 2. The van der Waals surface area contributed by atoms with Crippen LogP contribution in [0.5, 0.6) is 0 Å². The zero-order valence-electron chi connectivity index (χ0n) is 28.2. The maximum Gasteiger partial charge on any atom is 0.303 e. The number of hydrogen-bond acceptors (Lipinski definition) is 8. The number of carbonyl (C=O) groups is 2. The highest BCUT2D eigenvalue weighted by Gasteiger charge is 2.36. The third-order valence-corrected chi connectivity index (χ3v) is 9.90. The van der Waals surface area contributed by atoms with E-state index >= 15 is 0 Å². The number of hydrogen-bond donors (Lipinski definition) is 2. The van der Waals surface area contributed by atoms with Gasteiger partial charge in [0.1, 0.15) is 0 Å². The predicted octanol–water partition coefficient (Wildman–Crippen LogP) is 5.52. The SMILES string of the molecule is CC(=O)OC(C)C(=O)NCc1ccccc1-c1ccc(C2OC(CN3CCCC3CN3CCCC3)CC(c3ccc(CO)cc3)O2)cc1. The lowest BCUT2D eigenvalue weighted by molar-refractivity contribution is -0.253. The number of amides is 1. The van der Waals surface area contributed by atoms with Gasteiger partial charge in [0, 0.05) is 44.6 Å². The molecule has 5 unspecified atom stereocenters. The van der Waals surface area contributed by atoms with Crippen molar-refractivity contribution in [1.82, 2.24) is 15.1 Å². The summed E-state index contributed by atoms with van der Waals surface area (Å²) >= 11 is 0. The number of rotatable bonds is 12. The van der Waals surface area contributed by atoms with E-state index in [2.05, 4.69) is 51.5 Å². The van der Waals surface area contributed by atoms with Gasteiger partial charge in [0.2, 0.25) is 0 Å². The van der Waals surface area contributed by atoms with Crippen LogP contribution < -0.4 is 5.32 Å². The Morgan fingerprint density at radius 2 is 1.65 bits per heavy atom. The molecule has 6 rings (SSSR count). The van der Waals surface area contributed by atoms with E-state index in [0.717, 1.165) is 59.4 Å². The molecule has 0 aliphatic carbocycles. The summed E-state index contributed by atoms with van der Waals surface area (Å²) in [6.07, 6.45) is 4.39. The molecule has 3 fully saturated rings. The zero-order valence-corrected chi connectivity index (χ0v) is 28.2. The van der Waals surface area contributed by atoms with Crippen LogP contribution in [0.4, 0.5) is 0 Å². The van der Waals surface area contributed by atoms with Crippen molar-refractivity contribution >= 4 is 11.9 Å². The number of aliphatic hydroxyl groups is 1. The predicted molar refractivity (Wildman–Crippen MR) is 184 cm³/mol. The molecule has 3 aliphatic rings. The summed E-state index contributed by atoms with van der Waals surface area (Å²) in [5, 5.41) is 12.5. The van der Waals surface area contributed by atoms with Gasteiger partial charge in [-0.1, -0.05) is 72.8 Å². The normalized spacial score (nSPS) is 24.0. The number of carbonyl (C=O) groups excluding carboxylic acids is 2. The summed E-state index contributed by atoms with van der Waals surface area (Å²) in [4.78, 5) is 29.0. The van der Waals surface area contributed by atoms with Crippen LogP contribution in [0, 0.1) is 0 Å². The van der Waals surface area contributed by atoms with Crippen LogP contribution in [0.25, 0.3) is 11.1 Å². The second kappa shape index (κ2) is 16.2. The summed E-state index contributed by atoms with van der Waals surface area (Å²) in [5.41, 5.74) is 5.91. The standard InChI is InChI=1S/C39H49N3O6/c1-27(46-28(2)44)38(45)40-23-33-8-3-4-10-36(33)30-15-17-32(18-16-30)39-47-35(22-37(48-39)31-13-11-29(26-43)12-14-31)25-42-21-7-9-34(42)24-41-19-5-6-20-41/h3-4,8,10-18,27,34-35,37,39,43H,5-7,9,19-26H2,1-2H3,(H,40,45). The highest BCUT2D eigenvalue weighted by atomic mass is 16.7. The van der Waals surface area contributed by atoms with E-state index in [1.807, 2.05) is 36.4 Å². The Bertz CT molecular complexity index is 1510. The van der Waals surface area contributed by atoms with Crippen LogP contribution in [0.15, 0.2) is 72.8 Å². The zero-order chi connectivity index (χ0) is 33.5. The Hall–Kier alpha value is -3.60. The van der Waals surface area contributed by atoms with E-state index in [1.54, 1.807) is 6.92 Å². The lowest BCUT2D eigenvalue weighted by Crippen LogP contribution is -2.45. The van der Waals surface area contributed by atoms with Gasteiger partial charge in [-0.15, -0.1) is 0 Å². The van der Waals surface area contributed by atoms with Gasteiger partial charge in [0.25, 0.3) is 5.91 Å².